The first-order valence-corrected chi connectivity index (χ1v) is 9.66. The maximum absolute atomic E-state index is 12.7. The van der Waals surface area contributed by atoms with Crippen molar-refractivity contribution < 1.29 is 9.53 Å². The first-order chi connectivity index (χ1) is 13.9. The number of rotatable bonds is 7. The van der Waals surface area contributed by atoms with Gasteiger partial charge >= 0.3 is 0 Å². The van der Waals surface area contributed by atoms with Crippen LogP contribution in [0.1, 0.15) is 48.7 Å². The van der Waals surface area contributed by atoms with Gasteiger partial charge < -0.3 is 15.4 Å². The van der Waals surface area contributed by atoms with Crippen molar-refractivity contribution in [2.24, 2.45) is 0 Å². The molecule has 0 bridgehead atoms. The van der Waals surface area contributed by atoms with Gasteiger partial charge in [-0.15, -0.1) is 0 Å². The van der Waals surface area contributed by atoms with Crippen LogP contribution in [0.5, 0.6) is 5.75 Å². The molecule has 1 unspecified atom stereocenters. The molecule has 0 saturated heterocycles. The molecule has 3 rings (SSSR count). The number of anilines is 2. The fraction of sp³-hybridized carbons (Fsp3) is 0.261. The van der Waals surface area contributed by atoms with Crippen molar-refractivity contribution in [1.29, 1.82) is 0 Å². The summed E-state index contributed by atoms with van der Waals surface area (Å²) in [6.45, 7) is 7.66. The highest BCUT2D eigenvalue weighted by atomic mass is 16.5. The summed E-state index contributed by atoms with van der Waals surface area (Å²) in [5, 5.41) is 6.23. The summed E-state index contributed by atoms with van der Waals surface area (Å²) in [5.41, 5.74) is 2.12. The number of amides is 1. The molecule has 2 N–H and O–H groups in total. The van der Waals surface area contributed by atoms with Gasteiger partial charge in [0.2, 0.25) is 0 Å². The van der Waals surface area contributed by atoms with Crippen molar-refractivity contribution in [3.05, 3.63) is 77.7 Å². The Balaban J connectivity index is 1.79. The Bertz CT molecular complexity index is 974. The van der Waals surface area contributed by atoms with Crippen LogP contribution < -0.4 is 15.4 Å². The molecule has 6 nitrogen and oxygen atoms in total. The first kappa shape index (κ1) is 20.3. The molecule has 0 aliphatic carbocycles. The quantitative estimate of drug-likeness (QED) is 0.606. The van der Waals surface area contributed by atoms with Crippen molar-refractivity contribution in [2.45, 2.75) is 39.8 Å². The van der Waals surface area contributed by atoms with Gasteiger partial charge in [0, 0.05) is 6.07 Å². The Kier molecular flexibility index (Phi) is 6.44. The third-order valence-corrected chi connectivity index (χ3v) is 4.23. The van der Waals surface area contributed by atoms with Crippen LogP contribution in [0, 0.1) is 6.92 Å². The van der Waals surface area contributed by atoms with E-state index in [-0.39, 0.29) is 18.1 Å². The van der Waals surface area contributed by atoms with Crippen molar-refractivity contribution in [2.75, 3.05) is 5.32 Å². The van der Waals surface area contributed by atoms with Gasteiger partial charge in [0.15, 0.2) is 0 Å². The van der Waals surface area contributed by atoms with Gasteiger partial charge in [0.05, 0.1) is 17.8 Å². The van der Waals surface area contributed by atoms with E-state index in [0.29, 0.717) is 17.3 Å². The first-order valence-electron chi connectivity index (χ1n) is 9.66. The largest absolute Gasteiger partial charge is 0.489 e. The van der Waals surface area contributed by atoms with E-state index in [1.165, 1.54) is 0 Å². The van der Waals surface area contributed by atoms with E-state index in [2.05, 4.69) is 20.6 Å². The lowest BCUT2D eigenvalue weighted by Crippen LogP contribution is -2.27. The Labute approximate surface area is 171 Å². The van der Waals surface area contributed by atoms with Gasteiger partial charge in [-0.25, -0.2) is 9.97 Å². The maximum atomic E-state index is 12.7. The Morgan fingerprint density at radius 3 is 2.38 bits per heavy atom. The van der Waals surface area contributed by atoms with Crippen LogP contribution in [-0.2, 0) is 0 Å². The fourth-order valence-corrected chi connectivity index (χ4v) is 2.91. The SMILES string of the molecule is Cc1nc(Nc2ccccc2OC(C)C)cc(C(=O)NC(C)c2ccccc2)n1. The number of aryl methyl sites for hydroxylation is 1. The second kappa shape index (κ2) is 9.19. The third-order valence-electron chi connectivity index (χ3n) is 4.23. The van der Waals surface area contributed by atoms with Gasteiger partial charge in [-0.3, -0.25) is 4.79 Å². The minimum atomic E-state index is -0.249. The van der Waals surface area contributed by atoms with Gasteiger partial charge in [-0.05, 0) is 45.4 Å². The molecule has 1 aromatic heterocycles. The van der Waals surface area contributed by atoms with Crippen LogP contribution >= 0.6 is 0 Å². The Morgan fingerprint density at radius 1 is 0.966 bits per heavy atom. The van der Waals surface area contributed by atoms with Gasteiger partial charge in [0.25, 0.3) is 5.91 Å². The van der Waals surface area contributed by atoms with Gasteiger partial charge in [0.1, 0.15) is 23.1 Å². The van der Waals surface area contributed by atoms with E-state index in [1.807, 2.05) is 75.4 Å². The average molecular weight is 390 g/mol. The van der Waals surface area contributed by atoms with E-state index >= 15 is 0 Å². The Morgan fingerprint density at radius 2 is 1.66 bits per heavy atom. The molecule has 0 aliphatic heterocycles. The van der Waals surface area contributed by atoms with Gasteiger partial charge in [-0.2, -0.15) is 0 Å². The van der Waals surface area contributed by atoms with Crippen LogP contribution in [0.4, 0.5) is 11.5 Å². The predicted molar refractivity (Wildman–Crippen MR) is 115 cm³/mol. The molecular weight excluding hydrogens is 364 g/mol. The summed E-state index contributed by atoms with van der Waals surface area (Å²) < 4.78 is 5.84. The number of nitrogens with zero attached hydrogens (tertiary/aromatic N) is 2. The zero-order valence-corrected chi connectivity index (χ0v) is 17.1. The molecule has 0 radical (unpaired) electrons. The summed E-state index contributed by atoms with van der Waals surface area (Å²) in [6.07, 6.45) is 0.0471. The Hall–Kier alpha value is -3.41. The minimum Gasteiger partial charge on any atom is -0.489 e. The lowest BCUT2D eigenvalue weighted by atomic mass is 10.1. The summed E-state index contributed by atoms with van der Waals surface area (Å²) in [6, 6.07) is 19.0. The number of hydrogen-bond donors (Lipinski definition) is 2. The molecule has 150 valence electrons. The lowest BCUT2D eigenvalue weighted by Gasteiger charge is -2.16. The van der Waals surface area contributed by atoms with Crippen molar-refractivity contribution >= 4 is 17.4 Å². The number of nitrogens with one attached hydrogen (secondary N) is 2. The van der Waals surface area contributed by atoms with E-state index < -0.39 is 0 Å². The zero-order chi connectivity index (χ0) is 20.8. The van der Waals surface area contributed by atoms with Crippen LogP contribution in [0.25, 0.3) is 0 Å². The number of aromatic nitrogens is 2. The monoisotopic (exact) mass is 390 g/mol. The molecule has 0 aliphatic rings. The average Bonchev–Trinajstić information content (AvgIpc) is 2.69. The normalized spacial score (nSPS) is 11.8. The molecule has 0 fully saturated rings. The number of hydrogen-bond acceptors (Lipinski definition) is 5. The molecule has 0 saturated carbocycles. The second-order valence-corrected chi connectivity index (χ2v) is 7.08. The van der Waals surface area contributed by atoms with Crippen molar-refractivity contribution in [3.8, 4) is 5.75 Å². The summed E-state index contributed by atoms with van der Waals surface area (Å²) in [5.74, 6) is 1.52. The highest BCUT2D eigenvalue weighted by Gasteiger charge is 2.15. The molecule has 3 aromatic rings. The molecule has 2 aromatic carbocycles. The maximum Gasteiger partial charge on any atom is 0.270 e. The molecule has 29 heavy (non-hydrogen) atoms. The predicted octanol–water partition coefficient (Wildman–Crippen LogP) is 4.81. The number of benzene rings is 2. The van der Waals surface area contributed by atoms with E-state index in [0.717, 1.165) is 17.0 Å². The number of para-hydroxylation sites is 2. The van der Waals surface area contributed by atoms with Crippen LogP contribution in [0.3, 0.4) is 0 Å². The molecule has 1 heterocycles. The van der Waals surface area contributed by atoms with Crippen molar-refractivity contribution in [1.82, 2.24) is 15.3 Å². The van der Waals surface area contributed by atoms with Crippen LogP contribution in [-0.4, -0.2) is 22.0 Å². The van der Waals surface area contributed by atoms with Crippen LogP contribution in [0.2, 0.25) is 0 Å². The van der Waals surface area contributed by atoms with E-state index in [4.69, 9.17) is 4.74 Å². The smallest absolute Gasteiger partial charge is 0.270 e. The third kappa shape index (κ3) is 5.54. The highest BCUT2D eigenvalue weighted by Crippen LogP contribution is 2.27. The fourth-order valence-electron chi connectivity index (χ4n) is 2.91. The second-order valence-electron chi connectivity index (χ2n) is 7.08. The summed E-state index contributed by atoms with van der Waals surface area (Å²) in [4.78, 5) is 21.5. The van der Waals surface area contributed by atoms with Gasteiger partial charge in [-0.1, -0.05) is 42.5 Å². The number of carbonyl (C=O) groups excluding carboxylic acids is 1. The zero-order valence-electron chi connectivity index (χ0n) is 17.1. The number of carbonyl (C=O) groups is 1. The minimum absolute atomic E-state index is 0.0471. The lowest BCUT2D eigenvalue weighted by molar-refractivity contribution is 0.0934. The molecule has 1 amide bonds. The molecule has 1 atom stereocenters. The van der Waals surface area contributed by atoms with Crippen LogP contribution in [0.15, 0.2) is 60.7 Å². The summed E-state index contributed by atoms with van der Waals surface area (Å²) >= 11 is 0. The number of ether oxygens (including phenoxy) is 1. The van der Waals surface area contributed by atoms with Crippen molar-refractivity contribution in [3.63, 3.8) is 0 Å². The summed E-state index contributed by atoms with van der Waals surface area (Å²) in [7, 11) is 0. The standard InChI is InChI=1S/C23H26N4O2/c1-15(2)29-21-13-9-8-12-19(21)27-22-14-20(25-17(4)26-22)23(28)24-16(3)18-10-6-5-7-11-18/h5-16H,1-4H3,(H,24,28)(H,25,26,27). The van der Waals surface area contributed by atoms with E-state index in [9.17, 15) is 4.79 Å². The highest BCUT2D eigenvalue weighted by molar-refractivity contribution is 5.93. The molecular formula is C23H26N4O2. The molecule has 0 spiro atoms. The van der Waals surface area contributed by atoms with E-state index in [1.54, 1.807) is 13.0 Å². The topological polar surface area (TPSA) is 76.1 Å². The molecule has 6 heteroatoms.